The molecule has 2 rings (SSSR count). The van der Waals surface area contributed by atoms with Gasteiger partial charge < -0.3 is 0 Å². The topological polar surface area (TPSA) is 46.2 Å². The fourth-order valence-electron chi connectivity index (χ4n) is 1.57. The molecule has 0 aliphatic carbocycles. The fourth-order valence-corrected chi connectivity index (χ4v) is 3.36. The van der Waals surface area contributed by atoms with Crippen LogP contribution in [0.2, 0.25) is 5.02 Å². The van der Waals surface area contributed by atoms with Gasteiger partial charge in [-0.25, -0.2) is 12.8 Å². The Kier molecular flexibility index (Phi) is 4.36. The molecule has 0 aliphatic rings. The largest absolute Gasteiger partial charge is 0.279 e. The molecule has 0 saturated carbocycles. The predicted molar refractivity (Wildman–Crippen MR) is 81.1 cm³/mol. The van der Waals surface area contributed by atoms with Gasteiger partial charge in [-0.15, -0.1) is 0 Å². The van der Waals surface area contributed by atoms with E-state index in [1.54, 1.807) is 0 Å². The maximum Gasteiger partial charge on any atom is 0.261 e. The predicted octanol–water partition coefficient (Wildman–Crippen LogP) is 4.35. The van der Waals surface area contributed by atoms with Gasteiger partial charge in [0, 0.05) is 10.0 Å². The Hall–Kier alpha value is -1.11. The molecule has 0 unspecified atom stereocenters. The van der Waals surface area contributed by atoms with E-state index in [-0.39, 0.29) is 16.1 Å². The highest BCUT2D eigenvalue weighted by molar-refractivity contribution is 9.10. The molecule has 0 amide bonds. The van der Waals surface area contributed by atoms with Gasteiger partial charge >= 0.3 is 0 Å². The van der Waals surface area contributed by atoms with Gasteiger partial charge in [-0.05, 0) is 53.2 Å². The Morgan fingerprint density at radius 1 is 1.25 bits per heavy atom. The van der Waals surface area contributed by atoms with Crippen molar-refractivity contribution in [2.24, 2.45) is 0 Å². The third-order valence-corrected chi connectivity index (χ3v) is 5.29. The van der Waals surface area contributed by atoms with Gasteiger partial charge in [0.2, 0.25) is 0 Å². The minimum atomic E-state index is -3.80. The summed E-state index contributed by atoms with van der Waals surface area (Å²) in [6, 6.07) is 8.45. The van der Waals surface area contributed by atoms with Crippen molar-refractivity contribution in [2.45, 2.75) is 11.8 Å². The molecule has 0 heterocycles. The maximum atomic E-state index is 13.4. The maximum absolute atomic E-state index is 13.4. The summed E-state index contributed by atoms with van der Waals surface area (Å²) in [4.78, 5) is 0.0393. The lowest BCUT2D eigenvalue weighted by molar-refractivity contribution is 0.600. The highest BCUT2D eigenvalue weighted by atomic mass is 79.9. The van der Waals surface area contributed by atoms with E-state index in [4.69, 9.17) is 11.6 Å². The summed E-state index contributed by atoms with van der Waals surface area (Å²) >= 11 is 8.99. The van der Waals surface area contributed by atoms with Gasteiger partial charge in [-0.3, -0.25) is 4.72 Å². The third kappa shape index (κ3) is 3.13. The normalized spacial score (nSPS) is 11.4. The molecule has 2 aromatic carbocycles. The van der Waals surface area contributed by atoms with Crippen LogP contribution >= 0.6 is 27.5 Å². The van der Waals surface area contributed by atoms with Crippen LogP contribution in [0.3, 0.4) is 0 Å². The second-order valence-electron chi connectivity index (χ2n) is 4.09. The van der Waals surface area contributed by atoms with E-state index in [0.717, 1.165) is 0 Å². The first kappa shape index (κ1) is 15.3. The Bertz CT molecular complexity index is 765. The Labute approximate surface area is 130 Å². The van der Waals surface area contributed by atoms with E-state index < -0.39 is 15.8 Å². The Balaban J connectivity index is 2.41. The highest BCUT2D eigenvalue weighted by Gasteiger charge is 2.17. The second-order valence-corrected chi connectivity index (χ2v) is 7.04. The number of rotatable bonds is 3. The summed E-state index contributed by atoms with van der Waals surface area (Å²) < 4.78 is 40.7. The van der Waals surface area contributed by atoms with Gasteiger partial charge in [0.05, 0.1) is 15.6 Å². The second kappa shape index (κ2) is 5.71. The van der Waals surface area contributed by atoms with Crippen LogP contribution < -0.4 is 4.72 Å². The standard InChI is InChI=1S/C13H10BrClFNO2S/c1-8-12(16)3-2-4-13(8)17-20(18,19)9-5-6-11(15)10(14)7-9/h2-7,17H,1H3. The number of halogens is 3. The monoisotopic (exact) mass is 377 g/mol. The molecule has 2 aromatic rings. The van der Waals surface area contributed by atoms with Crippen molar-refractivity contribution >= 4 is 43.2 Å². The molecule has 0 spiro atoms. The average molecular weight is 379 g/mol. The first-order valence-electron chi connectivity index (χ1n) is 5.54. The average Bonchev–Trinajstić information content (AvgIpc) is 2.38. The van der Waals surface area contributed by atoms with Crippen LogP contribution in [0.5, 0.6) is 0 Å². The first-order valence-corrected chi connectivity index (χ1v) is 8.19. The lowest BCUT2D eigenvalue weighted by Gasteiger charge is -2.11. The molecule has 0 aromatic heterocycles. The molecule has 0 aliphatic heterocycles. The van der Waals surface area contributed by atoms with Gasteiger partial charge in [-0.1, -0.05) is 17.7 Å². The minimum Gasteiger partial charge on any atom is -0.279 e. The Morgan fingerprint density at radius 3 is 2.60 bits per heavy atom. The molecule has 0 radical (unpaired) electrons. The van der Waals surface area contributed by atoms with Gasteiger partial charge in [0.1, 0.15) is 5.82 Å². The van der Waals surface area contributed by atoms with Crippen LogP contribution in [-0.2, 0) is 10.0 Å². The summed E-state index contributed by atoms with van der Waals surface area (Å²) in [6.07, 6.45) is 0. The van der Waals surface area contributed by atoms with Crippen LogP contribution in [-0.4, -0.2) is 8.42 Å². The summed E-state index contributed by atoms with van der Waals surface area (Å²) in [5.74, 6) is -0.470. The molecular formula is C13H10BrClFNO2S. The van der Waals surface area contributed by atoms with Crippen LogP contribution in [0.15, 0.2) is 45.8 Å². The van der Waals surface area contributed by atoms with Crippen LogP contribution in [0.1, 0.15) is 5.56 Å². The Morgan fingerprint density at radius 2 is 1.95 bits per heavy atom. The number of benzene rings is 2. The molecular weight excluding hydrogens is 369 g/mol. The number of hydrogen-bond acceptors (Lipinski definition) is 2. The molecule has 0 saturated heterocycles. The lowest BCUT2D eigenvalue weighted by Crippen LogP contribution is -2.14. The van der Waals surface area contributed by atoms with Gasteiger partial charge in [0.25, 0.3) is 10.0 Å². The van der Waals surface area contributed by atoms with E-state index in [9.17, 15) is 12.8 Å². The summed E-state index contributed by atoms with van der Waals surface area (Å²) in [7, 11) is -3.80. The van der Waals surface area contributed by atoms with Crippen LogP contribution in [0, 0.1) is 12.7 Å². The first-order chi connectivity index (χ1) is 9.31. The highest BCUT2D eigenvalue weighted by Crippen LogP contribution is 2.27. The number of hydrogen-bond donors (Lipinski definition) is 1. The third-order valence-electron chi connectivity index (χ3n) is 2.71. The SMILES string of the molecule is Cc1c(F)cccc1NS(=O)(=O)c1ccc(Cl)c(Br)c1. The van der Waals surface area contributed by atoms with Crippen molar-refractivity contribution in [3.8, 4) is 0 Å². The summed E-state index contributed by atoms with van der Waals surface area (Å²) in [5, 5.41) is 0.408. The van der Waals surface area contributed by atoms with Crippen molar-refractivity contribution in [1.82, 2.24) is 0 Å². The van der Waals surface area contributed by atoms with Crippen LogP contribution in [0.25, 0.3) is 0 Å². The van der Waals surface area contributed by atoms with E-state index in [1.807, 2.05) is 0 Å². The zero-order valence-corrected chi connectivity index (χ0v) is 13.5. The zero-order valence-electron chi connectivity index (χ0n) is 10.3. The van der Waals surface area contributed by atoms with Crippen molar-refractivity contribution in [1.29, 1.82) is 0 Å². The molecule has 0 atom stereocenters. The van der Waals surface area contributed by atoms with Crippen molar-refractivity contribution < 1.29 is 12.8 Å². The molecule has 20 heavy (non-hydrogen) atoms. The van der Waals surface area contributed by atoms with Gasteiger partial charge in [0.15, 0.2) is 0 Å². The van der Waals surface area contributed by atoms with E-state index in [2.05, 4.69) is 20.7 Å². The smallest absolute Gasteiger partial charge is 0.261 e. The van der Waals surface area contributed by atoms with Crippen LogP contribution in [0.4, 0.5) is 10.1 Å². The number of anilines is 1. The summed E-state index contributed by atoms with van der Waals surface area (Å²) in [6.45, 7) is 1.50. The van der Waals surface area contributed by atoms with Gasteiger partial charge in [-0.2, -0.15) is 0 Å². The van der Waals surface area contributed by atoms with Crippen molar-refractivity contribution in [3.63, 3.8) is 0 Å². The fraction of sp³-hybridized carbons (Fsp3) is 0.0769. The molecule has 0 bridgehead atoms. The van der Waals surface area contributed by atoms with Crippen molar-refractivity contribution in [3.05, 3.63) is 57.3 Å². The summed E-state index contributed by atoms with van der Waals surface area (Å²) in [5.41, 5.74) is 0.445. The van der Waals surface area contributed by atoms with E-state index in [1.165, 1.54) is 43.3 Å². The molecule has 106 valence electrons. The lowest BCUT2D eigenvalue weighted by atomic mass is 10.2. The minimum absolute atomic E-state index is 0.0393. The van der Waals surface area contributed by atoms with E-state index in [0.29, 0.717) is 9.50 Å². The van der Waals surface area contributed by atoms with E-state index >= 15 is 0 Å². The molecule has 1 N–H and O–H groups in total. The number of nitrogens with one attached hydrogen (secondary N) is 1. The molecule has 0 fully saturated rings. The van der Waals surface area contributed by atoms with Crippen molar-refractivity contribution in [2.75, 3.05) is 4.72 Å². The molecule has 7 heteroatoms. The molecule has 3 nitrogen and oxygen atoms in total. The number of sulfonamides is 1. The zero-order chi connectivity index (χ0) is 14.9. The quantitative estimate of drug-likeness (QED) is 0.863.